The maximum atomic E-state index is 14.3. The van der Waals surface area contributed by atoms with E-state index < -0.39 is 18.6 Å². The maximum Gasteiger partial charge on any atom is 0.327 e. The summed E-state index contributed by atoms with van der Waals surface area (Å²) in [4.78, 5) is 29.9. The van der Waals surface area contributed by atoms with Crippen LogP contribution < -0.4 is 5.90 Å². The van der Waals surface area contributed by atoms with Crippen LogP contribution in [0.15, 0.2) is 36.4 Å². The molecule has 6 heteroatoms. The highest BCUT2D eigenvalue weighted by Crippen LogP contribution is 2.28. The van der Waals surface area contributed by atoms with E-state index in [1.807, 2.05) is 52.0 Å². The average molecular weight is 400 g/mol. The number of amides is 1. The minimum absolute atomic E-state index is 0.0299. The molecule has 0 fully saturated rings. The van der Waals surface area contributed by atoms with Crippen LogP contribution in [0.25, 0.3) is 0 Å². The van der Waals surface area contributed by atoms with Gasteiger partial charge in [-0.1, -0.05) is 38.1 Å². The molecule has 0 saturated heterocycles. The van der Waals surface area contributed by atoms with E-state index in [9.17, 15) is 14.0 Å². The first-order chi connectivity index (χ1) is 13.9. The van der Waals surface area contributed by atoms with Crippen molar-refractivity contribution in [2.24, 2.45) is 5.90 Å². The Kier molecular flexibility index (Phi) is 7.91. The Bertz CT molecular complexity index is 882. The van der Waals surface area contributed by atoms with Crippen LogP contribution in [0.2, 0.25) is 0 Å². The van der Waals surface area contributed by atoms with E-state index in [4.69, 9.17) is 5.90 Å². The van der Waals surface area contributed by atoms with Crippen molar-refractivity contribution >= 4 is 11.9 Å². The van der Waals surface area contributed by atoms with Crippen LogP contribution in [0.3, 0.4) is 0 Å². The lowest BCUT2D eigenvalue weighted by Gasteiger charge is -2.29. The van der Waals surface area contributed by atoms with Gasteiger partial charge >= 0.3 is 5.97 Å². The smallest absolute Gasteiger partial charge is 0.327 e. The van der Waals surface area contributed by atoms with E-state index in [1.165, 1.54) is 0 Å². The number of rotatable bonds is 4. The molecular formula is C23H29FN2O3. The quantitative estimate of drug-likeness (QED) is 0.775. The molecule has 2 N–H and O–H groups in total. The predicted molar refractivity (Wildman–Crippen MR) is 111 cm³/mol. The third-order valence-corrected chi connectivity index (χ3v) is 5.12. The first-order valence-corrected chi connectivity index (χ1v) is 9.91. The SMILES string of the molecule is CC.Cc1ccc(C(=O)N2CCc3ccc(C(F)CC(=O)ON)cc3C2)cc1C. The lowest BCUT2D eigenvalue weighted by atomic mass is 9.94. The average Bonchev–Trinajstić information content (AvgIpc) is 2.75. The van der Waals surface area contributed by atoms with Gasteiger partial charge in [-0.2, -0.15) is 5.90 Å². The molecule has 0 aromatic heterocycles. The Labute approximate surface area is 171 Å². The van der Waals surface area contributed by atoms with E-state index in [1.54, 1.807) is 17.0 Å². The first kappa shape index (κ1) is 22.6. The number of carbonyl (C=O) groups is 2. The third kappa shape index (κ3) is 5.41. The Morgan fingerprint density at radius 2 is 1.83 bits per heavy atom. The van der Waals surface area contributed by atoms with Gasteiger partial charge in [0, 0.05) is 18.7 Å². The van der Waals surface area contributed by atoms with Gasteiger partial charge in [0.05, 0.1) is 6.42 Å². The summed E-state index contributed by atoms with van der Waals surface area (Å²) in [6.45, 7) is 9.04. The van der Waals surface area contributed by atoms with Crippen molar-refractivity contribution in [3.63, 3.8) is 0 Å². The molecule has 1 amide bonds. The van der Waals surface area contributed by atoms with Crippen LogP contribution in [0.1, 0.15) is 64.6 Å². The summed E-state index contributed by atoms with van der Waals surface area (Å²) in [5.41, 5.74) is 5.26. The standard InChI is InChI=1S/C21H23FN2O3.C2H6/c1-13-3-4-17(9-14(13)2)21(26)24-8-7-15-5-6-16(10-18(15)12-24)19(22)11-20(25)27-23;1-2/h3-6,9-10,19H,7-8,11-12,23H2,1-2H3;1-2H3. The van der Waals surface area contributed by atoms with Gasteiger partial charge in [-0.05, 0) is 60.2 Å². The van der Waals surface area contributed by atoms with Crippen LogP contribution in [-0.2, 0) is 22.6 Å². The first-order valence-electron chi connectivity index (χ1n) is 9.91. The Morgan fingerprint density at radius 3 is 2.48 bits per heavy atom. The molecule has 1 heterocycles. The van der Waals surface area contributed by atoms with Crippen molar-refractivity contribution < 1.29 is 18.8 Å². The minimum atomic E-state index is -1.49. The monoisotopic (exact) mass is 400 g/mol. The molecule has 0 bridgehead atoms. The normalized spacial score (nSPS) is 13.7. The fraction of sp³-hybridized carbons (Fsp3) is 0.391. The maximum absolute atomic E-state index is 14.3. The van der Waals surface area contributed by atoms with Crippen LogP contribution >= 0.6 is 0 Å². The van der Waals surface area contributed by atoms with Gasteiger partial charge in [0.1, 0.15) is 6.17 Å². The number of alkyl halides is 1. The van der Waals surface area contributed by atoms with Crippen molar-refractivity contribution in [1.82, 2.24) is 4.90 Å². The fourth-order valence-electron chi connectivity index (χ4n) is 3.31. The zero-order valence-electron chi connectivity index (χ0n) is 17.5. The van der Waals surface area contributed by atoms with Crippen molar-refractivity contribution in [1.29, 1.82) is 0 Å². The molecule has 1 unspecified atom stereocenters. The van der Waals surface area contributed by atoms with Crippen molar-refractivity contribution in [3.05, 3.63) is 69.8 Å². The van der Waals surface area contributed by atoms with Gasteiger partial charge in [-0.3, -0.25) is 9.59 Å². The summed E-state index contributed by atoms with van der Waals surface area (Å²) in [5.74, 6) is 3.95. The number of hydrogen-bond acceptors (Lipinski definition) is 4. The molecule has 156 valence electrons. The van der Waals surface area contributed by atoms with Gasteiger partial charge < -0.3 is 9.74 Å². The predicted octanol–water partition coefficient (Wildman–Crippen LogP) is 4.35. The summed E-state index contributed by atoms with van der Waals surface area (Å²) in [5, 5.41) is 0. The van der Waals surface area contributed by atoms with E-state index in [2.05, 4.69) is 4.84 Å². The number of nitrogens with zero attached hydrogens (tertiary/aromatic N) is 1. The molecule has 0 radical (unpaired) electrons. The summed E-state index contributed by atoms with van der Waals surface area (Å²) in [7, 11) is 0. The number of hydrogen-bond donors (Lipinski definition) is 1. The fourth-order valence-corrected chi connectivity index (χ4v) is 3.31. The number of carbonyl (C=O) groups excluding carboxylic acids is 2. The minimum Gasteiger partial charge on any atom is -0.373 e. The Hall–Kier alpha value is -2.73. The molecule has 0 aliphatic carbocycles. The van der Waals surface area contributed by atoms with Crippen molar-refractivity contribution in [3.8, 4) is 0 Å². The highest BCUT2D eigenvalue weighted by molar-refractivity contribution is 5.94. The Morgan fingerprint density at radius 1 is 1.10 bits per heavy atom. The number of fused-ring (bicyclic) bond motifs is 1. The number of halogens is 1. The number of benzene rings is 2. The van der Waals surface area contributed by atoms with Crippen molar-refractivity contribution in [2.75, 3.05) is 6.54 Å². The zero-order chi connectivity index (χ0) is 21.6. The van der Waals surface area contributed by atoms with Gasteiger partial charge in [-0.25, -0.2) is 4.39 Å². The summed E-state index contributed by atoms with van der Waals surface area (Å²) < 4.78 is 14.3. The van der Waals surface area contributed by atoms with Crippen LogP contribution in [0.4, 0.5) is 4.39 Å². The molecule has 0 saturated carbocycles. The highest BCUT2D eigenvalue weighted by atomic mass is 19.1. The van der Waals surface area contributed by atoms with Gasteiger partial charge in [0.2, 0.25) is 0 Å². The number of aryl methyl sites for hydroxylation is 2. The second kappa shape index (κ2) is 10.2. The van der Waals surface area contributed by atoms with Crippen LogP contribution in [0, 0.1) is 13.8 Å². The van der Waals surface area contributed by atoms with Gasteiger partial charge in [0.15, 0.2) is 0 Å². The zero-order valence-corrected chi connectivity index (χ0v) is 17.5. The highest BCUT2D eigenvalue weighted by Gasteiger charge is 2.24. The molecule has 0 spiro atoms. The Balaban J connectivity index is 0.00000145. The largest absolute Gasteiger partial charge is 0.373 e. The summed E-state index contributed by atoms with van der Waals surface area (Å²) in [6, 6.07) is 11.0. The van der Waals surface area contributed by atoms with E-state index in [0.29, 0.717) is 30.6 Å². The lowest BCUT2D eigenvalue weighted by Crippen LogP contribution is -2.36. The topological polar surface area (TPSA) is 72.6 Å². The molecule has 5 nitrogen and oxygen atoms in total. The van der Waals surface area contributed by atoms with E-state index >= 15 is 0 Å². The second-order valence-corrected chi connectivity index (χ2v) is 6.97. The molecule has 3 rings (SSSR count). The third-order valence-electron chi connectivity index (χ3n) is 5.12. The van der Waals surface area contributed by atoms with Crippen LogP contribution in [-0.4, -0.2) is 23.3 Å². The molecule has 1 aliphatic rings. The molecule has 2 aromatic rings. The van der Waals surface area contributed by atoms with E-state index in [0.717, 1.165) is 22.3 Å². The number of nitrogens with two attached hydrogens (primary N) is 1. The van der Waals surface area contributed by atoms with Gasteiger partial charge in [0.25, 0.3) is 5.91 Å². The van der Waals surface area contributed by atoms with Gasteiger partial charge in [-0.15, -0.1) is 0 Å². The molecule has 29 heavy (non-hydrogen) atoms. The molecule has 1 aliphatic heterocycles. The summed E-state index contributed by atoms with van der Waals surface area (Å²) >= 11 is 0. The molecular weight excluding hydrogens is 371 g/mol. The van der Waals surface area contributed by atoms with Crippen molar-refractivity contribution in [2.45, 2.75) is 53.3 Å². The second-order valence-electron chi connectivity index (χ2n) is 6.97. The molecule has 1 atom stereocenters. The molecule has 2 aromatic carbocycles. The van der Waals surface area contributed by atoms with E-state index in [-0.39, 0.29) is 5.91 Å². The lowest BCUT2D eigenvalue weighted by molar-refractivity contribution is -0.145. The summed E-state index contributed by atoms with van der Waals surface area (Å²) in [6.07, 6.45) is -1.20. The van der Waals surface area contributed by atoms with Crippen LogP contribution in [0.5, 0.6) is 0 Å².